The minimum atomic E-state index is -0.150. The van der Waals surface area contributed by atoms with Crippen molar-refractivity contribution in [3.8, 4) is 0 Å². The zero-order valence-corrected chi connectivity index (χ0v) is 10.7. The van der Waals surface area contributed by atoms with E-state index in [4.69, 9.17) is 5.53 Å². The second kappa shape index (κ2) is 7.65. The lowest BCUT2D eigenvalue weighted by atomic mass is 10.2. The summed E-state index contributed by atoms with van der Waals surface area (Å²) < 4.78 is 0.772. The highest BCUT2D eigenvalue weighted by molar-refractivity contribution is 9.10. The highest BCUT2D eigenvalue weighted by atomic mass is 79.9. The summed E-state index contributed by atoms with van der Waals surface area (Å²) in [5.41, 5.74) is 8.59. The molecule has 0 radical (unpaired) electrons. The number of azide groups is 1. The van der Waals surface area contributed by atoms with Gasteiger partial charge in [0, 0.05) is 34.9 Å². The van der Waals surface area contributed by atoms with Gasteiger partial charge in [0.1, 0.15) is 0 Å². The summed E-state index contributed by atoms with van der Waals surface area (Å²) >= 11 is 3.25. The molecular formula is C10H12BrN5O. The van der Waals surface area contributed by atoms with Crippen LogP contribution in [0.25, 0.3) is 10.4 Å². The number of nitrogens with zero attached hydrogens (tertiary/aromatic N) is 4. The molecule has 0 unspecified atom stereocenters. The molecule has 0 aliphatic heterocycles. The molecule has 0 aliphatic carbocycles. The third kappa shape index (κ3) is 5.33. The van der Waals surface area contributed by atoms with E-state index < -0.39 is 0 Å². The van der Waals surface area contributed by atoms with Gasteiger partial charge in [-0.15, -0.1) is 0 Å². The van der Waals surface area contributed by atoms with Crippen LogP contribution in [0.4, 0.5) is 0 Å². The Balaban J connectivity index is 2.28. The van der Waals surface area contributed by atoms with Gasteiger partial charge in [0.2, 0.25) is 0 Å². The van der Waals surface area contributed by atoms with Gasteiger partial charge in [-0.05, 0) is 40.4 Å². The van der Waals surface area contributed by atoms with Crippen LogP contribution in [-0.4, -0.2) is 24.0 Å². The Kier molecular flexibility index (Phi) is 6.06. The second-order valence-electron chi connectivity index (χ2n) is 3.31. The predicted octanol–water partition coefficient (Wildman–Crippen LogP) is 2.66. The maximum absolute atomic E-state index is 11.6. The molecule has 90 valence electrons. The highest BCUT2D eigenvalue weighted by Gasteiger charge is 2.04. The predicted molar refractivity (Wildman–Crippen MR) is 67.5 cm³/mol. The number of amides is 1. The van der Waals surface area contributed by atoms with Crippen LogP contribution < -0.4 is 5.32 Å². The molecule has 6 nitrogen and oxygen atoms in total. The Hall–Kier alpha value is -1.59. The Labute approximate surface area is 107 Å². The summed E-state index contributed by atoms with van der Waals surface area (Å²) in [7, 11) is 0. The van der Waals surface area contributed by atoms with Crippen molar-refractivity contribution in [3.05, 3.63) is 38.9 Å². The number of hydrogen-bond acceptors (Lipinski definition) is 3. The summed E-state index contributed by atoms with van der Waals surface area (Å²) in [5.74, 6) is -0.150. The SMILES string of the molecule is [N-]=[N+]=NCCCCNC(=O)c1cncc(Br)c1. The van der Waals surface area contributed by atoms with E-state index in [0.29, 0.717) is 18.7 Å². The molecule has 1 aromatic heterocycles. The largest absolute Gasteiger partial charge is 0.352 e. The average molecular weight is 298 g/mol. The van der Waals surface area contributed by atoms with Crippen LogP contribution in [0.5, 0.6) is 0 Å². The lowest BCUT2D eigenvalue weighted by Gasteiger charge is -2.04. The van der Waals surface area contributed by atoms with Gasteiger partial charge in [-0.25, -0.2) is 0 Å². The molecule has 0 fully saturated rings. The molecule has 0 aliphatic rings. The Morgan fingerprint density at radius 1 is 1.53 bits per heavy atom. The van der Waals surface area contributed by atoms with E-state index in [2.05, 4.69) is 36.3 Å². The summed E-state index contributed by atoms with van der Waals surface area (Å²) in [4.78, 5) is 18.2. The van der Waals surface area contributed by atoms with Crippen molar-refractivity contribution in [1.29, 1.82) is 0 Å². The smallest absolute Gasteiger partial charge is 0.252 e. The third-order valence-corrected chi connectivity index (χ3v) is 2.43. The van der Waals surface area contributed by atoms with E-state index in [1.54, 1.807) is 12.3 Å². The Bertz CT molecular complexity index is 430. The van der Waals surface area contributed by atoms with Gasteiger partial charge in [-0.2, -0.15) is 0 Å². The second-order valence-corrected chi connectivity index (χ2v) is 4.22. The summed E-state index contributed by atoms with van der Waals surface area (Å²) in [6.45, 7) is 1.02. The van der Waals surface area contributed by atoms with Gasteiger partial charge in [0.05, 0.1) is 5.56 Å². The maximum atomic E-state index is 11.6. The molecule has 1 N–H and O–H groups in total. The quantitative estimate of drug-likeness (QED) is 0.378. The summed E-state index contributed by atoms with van der Waals surface area (Å²) in [6.07, 6.45) is 4.68. The van der Waals surface area contributed by atoms with Crippen molar-refractivity contribution in [1.82, 2.24) is 10.3 Å². The van der Waals surface area contributed by atoms with E-state index in [1.807, 2.05) is 0 Å². The number of rotatable bonds is 6. The number of hydrogen-bond donors (Lipinski definition) is 1. The van der Waals surface area contributed by atoms with Crippen molar-refractivity contribution in [2.75, 3.05) is 13.1 Å². The van der Waals surface area contributed by atoms with Gasteiger partial charge in [0.25, 0.3) is 5.91 Å². The maximum Gasteiger partial charge on any atom is 0.252 e. The van der Waals surface area contributed by atoms with Gasteiger partial charge in [0.15, 0.2) is 0 Å². The van der Waals surface area contributed by atoms with E-state index in [9.17, 15) is 4.79 Å². The molecule has 0 bridgehead atoms. The average Bonchev–Trinajstić information content (AvgIpc) is 2.33. The number of halogens is 1. The topological polar surface area (TPSA) is 90.8 Å². The first-order valence-corrected chi connectivity index (χ1v) is 5.93. The molecule has 1 heterocycles. The van der Waals surface area contributed by atoms with E-state index in [1.165, 1.54) is 6.20 Å². The molecule has 7 heteroatoms. The molecule has 0 aromatic carbocycles. The lowest BCUT2D eigenvalue weighted by molar-refractivity contribution is 0.0952. The first-order chi connectivity index (χ1) is 8.24. The normalized spacial score (nSPS) is 9.47. The molecule has 0 saturated carbocycles. The van der Waals surface area contributed by atoms with Gasteiger partial charge >= 0.3 is 0 Å². The first kappa shape index (κ1) is 13.5. The Morgan fingerprint density at radius 2 is 2.35 bits per heavy atom. The lowest BCUT2D eigenvalue weighted by Crippen LogP contribution is -2.24. The Morgan fingerprint density at radius 3 is 3.06 bits per heavy atom. The van der Waals surface area contributed by atoms with Crippen LogP contribution >= 0.6 is 15.9 Å². The monoisotopic (exact) mass is 297 g/mol. The third-order valence-electron chi connectivity index (χ3n) is 2.00. The van der Waals surface area contributed by atoms with Crippen LogP contribution in [0.2, 0.25) is 0 Å². The van der Waals surface area contributed by atoms with Crippen molar-refractivity contribution >= 4 is 21.8 Å². The first-order valence-electron chi connectivity index (χ1n) is 5.13. The zero-order valence-electron chi connectivity index (χ0n) is 9.14. The molecular weight excluding hydrogens is 286 g/mol. The van der Waals surface area contributed by atoms with E-state index >= 15 is 0 Å². The van der Waals surface area contributed by atoms with E-state index in [-0.39, 0.29) is 5.91 Å². The fraction of sp³-hybridized carbons (Fsp3) is 0.400. The number of carbonyl (C=O) groups excluding carboxylic acids is 1. The zero-order chi connectivity index (χ0) is 12.5. The summed E-state index contributed by atoms with van der Waals surface area (Å²) in [6, 6.07) is 1.71. The van der Waals surface area contributed by atoms with Gasteiger partial charge in [-0.1, -0.05) is 5.11 Å². The number of unbranched alkanes of at least 4 members (excludes halogenated alkanes) is 1. The van der Waals surface area contributed by atoms with Crippen LogP contribution in [0, 0.1) is 0 Å². The van der Waals surface area contributed by atoms with E-state index in [0.717, 1.165) is 17.3 Å². The van der Waals surface area contributed by atoms with Crippen molar-refractivity contribution in [2.24, 2.45) is 5.11 Å². The molecule has 1 aromatic rings. The fourth-order valence-electron chi connectivity index (χ4n) is 1.19. The summed E-state index contributed by atoms with van der Waals surface area (Å²) in [5, 5.41) is 6.18. The van der Waals surface area contributed by atoms with Crippen LogP contribution in [-0.2, 0) is 0 Å². The van der Waals surface area contributed by atoms with Crippen LogP contribution in [0.3, 0.4) is 0 Å². The minimum Gasteiger partial charge on any atom is -0.352 e. The molecule has 17 heavy (non-hydrogen) atoms. The molecule has 1 amide bonds. The number of nitrogens with one attached hydrogen (secondary N) is 1. The molecule has 0 saturated heterocycles. The van der Waals surface area contributed by atoms with Crippen LogP contribution in [0.15, 0.2) is 28.0 Å². The van der Waals surface area contributed by atoms with Crippen LogP contribution in [0.1, 0.15) is 23.2 Å². The van der Waals surface area contributed by atoms with Crippen molar-refractivity contribution in [2.45, 2.75) is 12.8 Å². The molecule has 0 spiro atoms. The van der Waals surface area contributed by atoms with Gasteiger partial charge in [-0.3, -0.25) is 9.78 Å². The molecule has 0 atom stereocenters. The number of pyridine rings is 1. The van der Waals surface area contributed by atoms with Gasteiger partial charge < -0.3 is 5.32 Å². The number of aromatic nitrogens is 1. The van der Waals surface area contributed by atoms with Crippen molar-refractivity contribution in [3.63, 3.8) is 0 Å². The standard InChI is InChI=1S/C10H12BrN5O/c11-9-5-8(6-13-7-9)10(17)14-3-1-2-4-15-16-12/h5-7H,1-4H2,(H,14,17). The number of carbonyl (C=O) groups is 1. The minimum absolute atomic E-state index is 0.150. The van der Waals surface area contributed by atoms with Crippen molar-refractivity contribution < 1.29 is 4.79 Å². The highest BCUT2D eigenvalue weighted by Crippen LogP contribution is 2.09. The fourth-order valence-corrected chi connectivity index (χ4v) is 1.56. The molecule has 1 rings (SSSR count).